The highest BCUT2D eigenvalue weighted by atomic mass is 32.2. The molecular formula is C23H32N2O3S. The average Bonchev–Trinajstić information content (AvgIpc) is 2.67. The monoisotopic (exact) mass is 416 g/mol. The largest absolute Gasteiger partial charge is 0.325 e. The molecule has 0 bridgehead atoms. The molecule has 2 atom stereocenters. The molecule has 2 aromatic carbocycles. The Kier molecular flexibility index (Phi) is 7.99. The van der Waals surface area contributed by atoms with Crippen LogP contribution in [0.4, 0.5) is 5.69 Å². The van der Waals surface area contributed by atoms with Gasteiger partial charge in [-0.2, -0.15) is 0 Å². The van der Waals surface area contributed by atoms with E-state index in [1.165, 1.54) is 17.7 Å². The number of sulfone groups is 1. The second-order valence-corrected chi connectivity index (χ2v) is 9.94. The number of rotatable bonds is 9. The lowest BCUT2D eigenvalue weighted by Crippen LogP contribution is -2.33. The summed E-state index contributed by atoms with van der Waals surface area (Å²) in [5, 5.41) is 6.10. The van der Waals surface area contributed by atoms with Crippen LogP contribution in [0.2, 0.25) is 0 Å². The second kappa shape index (κ2) is 10.0. The van der Waals surface area contributed by atoms with E-state index in [1.54, 1.807) is 12.1 Å². The number of carbonyl (C=O) groups excluding carboxylic acids is 1. The lowest BCUT2D eigenvalue weighted by molar-refractivity contribution is -0.115. The highest BCUT2D eigenvalue weighted by Crippen LogP contribution is 2.25. The Bertz CT molecular complexity index is 921. The minimum Gasteiger partial charge on any atom is -0.325 e. The van der Waals surface area contributed by atoms with Crippen LogP contribution >= 0.6 is 0 Å². The van der Waals surface area contributed by atoms with Gasteiger partial charge in [0.15, 0.2) is 9.84 Å². The fourth-order valence-electron chi connectivity index (χ4n) is 3.22. The predicted molar refractivity (Wildman–Crippen MR) is 119 cm³/mol. The van der Waals surface area contributed by atoms with Crippen molar-refractivity contribution in [3.05, 3.63) is 59.7 Å². The van der Waals surface area contributed by atoms with Gasteiger partial charge in [-0.05, 0) is 47.6 Å². The number of carbonyl (C=O) groups is 1. The Hall–Kier alpha value is -2.18. The lowest BCUT2D eigenvalue weighted by atomic mass is 9.92. The van der Waals surface area contributed by atoms with Crippen LogP contribution < -0.4 is 10.6 Å². The van der Waals surface area contributed by atoms with Crippen molar-refractivity contribution in [2.24, 2.45) is 5.92 Å². The van der Waals surface area contributed by atoms with Crippen LogP contribution in [-0.4, -0.2) is 27.1 Å². The summed E-state index contributed by atoms with van der Waals surface area (Å²) in [6, 6.07) is 14.9. The van der Waals surface area contributed by atoms with E-state index in [9.17, 15) is 13.2 Å². The second-order valence-electron chi connectivity index (χ2n) is 7.93. The number of anilines is 1. The van der Waals surface area contributed by atoms with Gasteiger partial charge in [0.1, 0.15) is 0 Å². The van der Waals surface area contributed by atoms with Crippen molar-refractivity contribution < 1.29 is 13.2 Å². The molecular weight excluding hydrogens is 384 g/mol. The van der Waals surface area contributed by atoms with Crippen molar-refractivity contribution in [3.63, 3.8) is 0 Å². The summed E-state index contributed by atoms with van der Waals surface area (Å²) in [5.41, 5.74) is 2.94. The maximum atomic E-state index is 12.4. The molecule has 6 heteroatoms. The highest BCUT2D eigenvalue weighted by Gasteiger charge is 2.17. The lowest BCUT2D eigenvalue weighted by Gasteiger charge is -2.23. The van der Waals surface area contributed by atoms with Crippen LogP contribution in [0.5, 0.6) is 0 Å². The first kappa shape index (κ1) is 23.1. The molecule has 2 N–H and O–H groups in total. The van der Waals surface area contributed by atoms with Gasteiger partial charge in [-0.3, -0.25) is 4.79 Å². The van der Waals surface area contributed by atoms with Gasteiger partial charge in [0.25, 0.3) is 0 Å². The third-order valence-corrected chi connectivity index (χ3v) is 6.28. The third kappa shape index (κ3) is 6.68. The van der Waals surface area contributed by atoms with Gasteiger partial charge in [-0.15, -0.1) is 0 Å². The van der Waals surface area contributed by atoms with Gasteiger partial charge in [0, 0.05) is 18.0 Å². The van der Waals surface area contributed by atoms with Crippen LogP contribution in [0, 0.1) is 5.92 Å². The van der Waals surface area contributed by atoms with Gasteiger partial charge in [0.05, 0.1) is 11.4 Å². The zero-order chi connectivity index (χ0) is 21.6. The number of nitrogens with one attached hydrogen (secondary N) is 2. The molecule has 0 aromatic heterocycles. The van der Waals surface area contributed by atoms with Gasteiger partial charge in [-0.1, -0.05) is 58.0 Å². The number of amides is 1. The normalized spacial score (nSPS) is 13.9. The van der Waals surface area contributed by atoms with E-state index in [0.717, 1.165) is 18.2 Å². The van der Waals surface area contributed by atoms with Crippen molar-refractivity contribution in [1.29, 1.82) is 0 Å². The summed E-state index contributed by atoms with van der Waals surface area (Å²) >= 11 is 0. The summed E-state index contributed by atoms with van der Waals surface area (Å²) in [6.45, 7) is 8.78. The fourth-order valence-corrected chi connectivity index (χ4v) is 3.89. The Morgan fingerprint density at radius 2 is 1.62 bits per heavy atom. The van der Waals surface area contributed by atoms with Crippen molar-refractivity contribution in [2.45, 2.75) is 51.0 Å². The predicted octanol–water partition coefficient (Wildman–Crippen LogP) is 4.53. The average molecular weight is 417 g/mol. The molecule has 2 rings (SSSR count). The van der Waals surface area contributed by atoms with Crippen molar-refractivity contribution in [1.82, 2.24) is 5.32 Å². The maximum Gasteiger partial charge on any atom is 0.238 e. The van der Waals surface area contributed by atoms with Gasteiger partial charge < -0.3 is 10.6 Å². The Balaban J connectivity index is 2.03. The highest BCUT2D eigenvalue weighted by molar-refractivity contribution is 7.90. The van der Waals surface area contributed by atoms with Crippen molar-refractivity contribution in [2.75, 3.05) is 18.1 Å². The van der Waals surface area contributed by atoms with E-state index >= 15 is 0 Å². The van der Waals surface area contributed by atoms with E-state index in [2.05, 4.69) is 62.6 Å². The topological polar surface area (TPSA) is 75.3 Å². The minimum absolute atomic E-state index is 0.0501. The van der Waals surface area contributed by atoms with Crippen LogP contribution in [0.3, 0.4) is 0 Å². The molecule has 0 radical (unpaired) electrons. The smallest absolute Gasteiger partial charge is 0.238 e. The SMILES string of the molecule is CC[C@@H](C)c1ccc([C@@H](NCC(=O)Nc2cccc(S(C)(=O)=O)c2)C(C)C)cc1. The summed E-state index contributed by atoms with van der Waals surface area (Å²) < 4.78 is 23.4. The number of hydrogen-bond acceptors (Lipinski definition) is 4. The molecule has 0 aliphatic heterocycles. The molecule has 0 saturated carbocycles. The summed E-state index contributed by atoms with van der Waals surface area (Å²) in [7, 11) is -3.31. The molecule has 158 valence electrons. The standard InChI is InChI=1S/C23H32N2O3S/c1-6-17(4)18-10-12-19(13-11-18)23(16(2)3)24-15-22(26)25-20-8-7-9-21(14-20)29(5,27)28/h7-14,16-17,23-24H,6,15H2,1-5H3,(H,25,26)/t17-,23+/m1/s1. The van der Waals surface area contributed by atoms with Gasteiger partial charge >= 0.3 is 0 Å². The molecule has 0 unspecified atom stereocenters. The molecule has 29 heavy (non-hydrogen) atoms. The molecule has 2 aromatic rings. The molecule has 5 nitrogen and oxygen atoms in total. The van der Waals surface area contributed by atoms with Gasteiger partial charge in [-0.25, -0.2) is 8.42 Å². The Morgan fingerprint density at radius 3 is 2.17 bits per heavy atom. The van der Waals surface area contributed by atoms with E-state index in [1.807, 2.05) is 0 Å². The van der Waals surface area contributed by atoms with Crippen LogP contribution in [0.15, 0.2) is 53.4 Å². The van der Waals surface area contributed by atoms with E-state index in [0.29, 0.717) is 17.5 Å². The van der Waals surface area contributed by atoms with E-state index < -0.39 is 9.84 Å². The Morgan fingerprint density at radius 1 is 1.00 bits per heavy atom. The van der Waals surface area contributed by atoms with Gasteiger partial charge in [0.2, 0.25) is 5.91 Å². The fraction of sp³-hybridized carbons (Fsp3) is 0.435. The van der Waals surface area contributed by atoms with Crippen molar-refractivity contribution >= 4 is 21.4 Å². The summed E-state index contributed by atoms with van der Waals surface area (Å²) in [6.07, 6.45) is 2.25. The van der Waals surface area contributed by atoms with E-state index in [-0.39, 0.29) is 23.4 Å². The van der Waals surface area contributed by atoms with Crippen LogP contribution in [-0.2, 0) is 14.6 Å². The molecule has 0 saturated heterocycles. The molecule has 0 fully saturated rings. The summed E-state index contributed by atoms with van der Waals surface area (Å²) in [5.74, 6) is 0.631. The first-order valence-corrected chi connectivity index (χ1v) is 11.9. The number of hydrogen-bond donors (Lipinski definition) is 2. The Labute approximate surface area is 174 Å². The van der Waals surface area contributed by atoms with E-state index in [4.69, 9.17) is 0 Å². The van der Waals surface area contributed by atoms with Crippen LogP contribution in [0.25, 0.3) is 0 Å². The first-order chi connectivity index (χ1) is 13.6. The quantitative estimate of drug-likeness (QED) is 0.630. The third-order valence-electron chi connectivity index (χ3n) is 5.17. The molecule has 0 heterocycles. The molecule has 0 aliphatic carbocycles. The maximum absolute atomic E-state index is 12.4. The zero-order valence-electron chi connectivity index (χ0n) is 17.9. The molecule has 1 amide bonds. The minimum atomic E-state index is -3.31. The molecule has 0 spiro atoms. The van der Waals surface area contributed by atoms with Crippen LogP contribution in [0.1, 0.15) is 57.2 Å². The molecule has 0 aliphatic rings. The van der Waals surface area contributed by atoms with Crippen molar-refractivity contribution in [3.8, 4) is 0 Å². The number of benzene rings is 2. The first-order valence-electron chi connectivity index (χ1n) is 10.0. The zero-order valence-corrected chi connectivity index (χ0v) is 18.7. The summed E-state index contributed by atoms with van der Waals surface area (Å²) in [4.78, 5) is 12.6.